The largest absolute Gasteiger partial charge is 0.581 e. The Morgan fingerprint density at radius 1 is 1.09 bits per heavy atom. The van der Waals surface area contributed by atoms with E-state index in [1.54, 1.807) is 12.4 Å². The smallest absolute Gasteiger partial charge is 0.0867 e. The SMILES string of the molecule is c1ccc(-c2cc[n-]n2)nc1. The average Bonchev–Trinajstić information content (AvgIpc) is 2.58. The van der Waals surface area contributed by atoms with E-state index in [9.17, 15) is 0 Å². The molecule has 0 saturated carbocycles. The van der Waals surface area contributed by atoms with Gasteiger partial charge in [0, 0.05) is 6.20 Å². The maximum Gasteiger partial charge on any atom is 0.0867 e. The van der Waals surface area contributed by atoms with Gasteiger partial charge in [0.15, 0.2) is 0 Å². The van der Waals surface area contributed by atoms with Gasteiger partial charge < -0.3 is 10.2 Å². The van der Waals surface area contributed by atoms with Gasteiger partial charge in [-0.1, -0.05) is 12.1 Å². The molecule has 2 heterocycles. The van der Waals surface area contributed by atoms with Crippen LogP contribution >= 0.6 is 0 Å². The van der Waals surface area contributed by atoms with Crippen molar-refractivity contribution in [3.05, 3.63) is 36.7 Å². The molecule has 0 N–H and O–H groups in total. The fraction of sp³-hybridized carbons (Fsp3) is 0. The number of pyridine rings is 1. The molecule has 11 heavy (non-hydrogen) atoms. The molecule has 0 unspecified atom stereocenters. The Bertz CT molecular complexity index is 312. The molecular weight excluding hydrogens is 138 g/mol. The Morgan fingerprint density at radius 2 is 2.09 bits per heavy atom. The fourth-order valence-electron chi connectivity index (χ4n) is 0.884. The first-order valence-electron chi connectivity index (χ1n) is 3.32. The van der Waals surface area contributed by atoms with Gasteiger partial charge in [-0.3, -0.25) is 4.98 Å². The number of rotatable bonds is 1. The number of nitrogens with zero attached hydrogens (tertiary/aromatic N) is 3. The van der Waals surface area contributed by atoms with Crippen LogP contribution in [0.15, 0.2) is 36.7 Å². The van der Waals surface area contributed by atoms with Crippen molar-refractivity contribution in [1.29, 1.82) is 0 Å². The average molecular weight is 144 g/mol. The van der Waals surface area contributed by atoms with E-state index in [2.05, 4.69) is 15.2 Å². The molecule has 0 bridgehead atoms. The van der Waals surface area contributed by atoms with E-state index >= 15 is 0 Å². The first-order valence-corrected chi connectivity index (χ1v) is 3.32. The second-order valence-electron chi connectivity index (χ2n) is 2.13. The summed E-state index contributed by atoms with van der Waals surface area (Å²) in [7, 11) is 0. The van der Waals surface area contributed by atoms with Crippen molar-refractivity contribution in [2.75, 3.05) is 0 Å². The molecule has 0 atom stereocenters. The molecule has 0 amide bonds. The normalized spacial score (nSPS) is 9.82. The van der Waals surface area contributed by atoms with Gasteiger partial charge in [0.25, 0.3) is 0 Å². The third-order valence-electron chi connectivity index (χ3n) is 1.39. The lowest BCUT2D eigenvalue weighted by atomic mass is 10.3. The van der Waals surface area contributed by atoms with Crippen molar-refractivity contribution >= 4 is 0 Å². The standard InChI is InChI=1S/C8H6N3/c1-2-5-9-7(3-1)8-4-6-10-11-8/h1-6H/q-1. The van der Waals surface area contributed by atoms with Gasteiger partial charge in [-0.2, -0.15) is 6.20 Å². The molecule has 0 aliphatic rings. The van der Waals surface area contributed by atoms with Crippen LogP contribution < -0.4 is 5.10 Å². The minimum atomic E-state index is 0.825. The first kappa shape index (κ1) is 6.09. The van der Waals surface area contributed by atoms with E-state index in [-0.39, 0.29) is 0 Å². The summed E-state index contributed by atoms with van der Waals surface area (Å²) in [5, 5.41) is 7.58. The summed E-state index contributed by atoms with van der Waals surface area (Å²) in [4.78, 5) is 4.12. The molecular formula is C8H6N3-. The van der Waals surface area contributed by atoms with Gasteiger partial charge in [-0.15, -0.1) is 0 Å². The van der Waals surface area contributed by atoms with Crippen LogP contribution in [-0.2, 0) is 0 Å². The van der Waals surface area contributed by atoms with Crippen LogP contribution in [-0.4, -0.2) is 10.1 Å². The van der Waals surface area contributed by atoms with Gasteiger partial charge in [0.1, 0.15) is 0 Å². The zero-order valence-corrected chi connectivity index (χ0v) is 5.81. The highest BCUT2D eigenvalue weighted by atomic mass is 15.1. The molecule has 0 saturated heterocycles. The molecule has 0 aromatic carbocycles. The molecule has 2 aromatic rings. The summed E-state index contributed by atoms with van der Waals surface area (Å²) < 4.78 is 0. The Morgan fingerprint density at radius 3 is 2.73 bits per heavy atom. The van der Waals surface area contributed by atoms with Gasteiger partial charge in [0.2, 0.25) is 0 Å². The topological polar surface area (TPSA) is 39.9 Å². The number of hydrogen-bond donors (Lipinski definition) is 0. The number of hydrogen-bond acceptors (Lipinski definition) is 2. The molecule has 0 aliphatic heterocycles. The van der Waals surface area contributed by atoms with Crippen molar-refractivity contribution in [1.82, 2.24) is 15.2 Å². The Kier molecular flexibility index (Phi) is 1.41. The zero-order chi connectivity index (χ0) is 7.52. The molecule has 2 aromatic heterocycles. The van der Waals surface area contributed by atoms with Crippen molar-refractivity contribution in [3.8, 4) is 11.4 Å². The van der Waals surface area contributed by atoms with Gasteiger partial charge in [-0.25, -0.2) is 0 Å². The molecule has 2 rings (SSSR count). The highest BCUT2D eigenvalue weighted by molar-refractivity contribution is 5.52. The van der Waals surface area contributed by atoms with Crippen LogP contribution in [0.3, 0.4) is 0 Å². The molecule has 0 fully saturated rings. The van der Waals surface area contributed by atoms with E-state index < -0.39 is 0 Å². The lowest BCUT2D eigenvalue weighted by molar-refractivity contribution is 1.06. The second kappa shape index (κ2) is 2.54. The summed E-state index contributed by atoms with van der Waals surface area (Å²) in [6.07, 6.45) is 3.40. The highest BCUT2D eigenvalue weighted by Gasteiger charge is 1.92. The van der Waals surface area contributed by atoms with Crippen molar-refractivity contribution in [2.24, 2.45) is 0 Å². The van der Waals surface area contributed by atoms with Crippen LogP contribution in [0.1, 0.15) is 0 Å². The van der Waals surface area contributed by atoms with Gasteiger partial charge in [-0.05, 0) is 12.1 Å². The van der Waals surface area contributed by atoms with E-state index in [4.69, 9.17) is 0 Å². The van der Waals surface area contributed by atoms with E-state index in [1.807, 2.05) is 24.3 Å². The van der Waals surface area contributed by atoms with Crippen molar-refractivity contribution in [2.45, 2.75) is 0 Å². The summed E-state index contributed by atoms with van der Waals surface area (Å²) >= 11 is 0. The third-order valence-corrected chi connectivity index (χ3v) is 1.39. The quantitative estimate of drug-likeness (QED) is 0.601. The van der Waals surface area contributed by atoms with E-state index in [1.165, 1.54) is 0 Å². The van der Waals surface area contributed by atoms with E-state index in [0.717, 1.165) is 11.4 Å². The molecule has 0 aliphatic carbocycles. The summed E-state index contributed by atoms with van der Waals surface area (Å²) in [6, 6.07) is 7.54. The van der Waals surface area contributed by atoms with Crippen LogP contribution in [0.4, 0.5) is 0 Å². The minimum Gasteiger partial charge on any atom is -0.581 e. The Balaban J connectivity index is 2.46. The fourth-order valence-corrected chi connectivity index (χ4v) is 0.884. The lowest BCUT2D eigenvalue weighted by Crippen LogP contribution is -1.81. The molecule has 3 nitrogen and oxygen atoms in total. The highest BCUT2D eigenvalue weighted by Crippen LogP contribution is 2.10. The van der Waals surface area contributed by atoms with Gasteiger partial charge >= 0.3 is 0 Å². The lowest BCUT2D eigenvalue weighted by Gasteiger charge is -1.94. The Hall–Kier alpha value is -1.64. The zero-order valence-electron chi connectivity index (χ0n) is 5.81. The van der Waals surface area contributed by atoms with Crippen molar-refractivity contribution in [3.63, 3.8) is 0 Å². The maximum absolute atomic E-state index is 4.12. The van der Waals surface area contributed by atoms with Crippen LogP contribution in [0.2, 0.25) is 0 Å². The first-order chi connectivity index (χ1) is 5.47. The Labute approximate surface area is 64.1 Å². The number of aromatic nitrogens is 3. The summed E-state index contributed by atoms with van der Waals surface area (Å²) in [5.74, 6) is 0. The monoisotopic (exact) mass is 144 g/mol. The minimum absolute atomic E-state index is 0.825. The van der Waals surface area contributed by atoms with E-state index in [0.29, 0.717) is 0 Å². The summed E-state index contributed by atoms with van der Waals surface area (Å²) in [6.45, 7) is 0. The molecule has 54 valence electrons. The van der Waals surface area contributed by atoms with Crippen LogP contribution in [0.25, 0.3) is 11.4 Å². The molecule has 0 radical (unpaired) electrons. The molecule has 3 heteroatoms. The molecule has 0 spiro atoms. The van der Waals surface area contributed by atoms with Crippen LogP contribution in [0.5, 0.6) is 0 Å². The van der Waals surface area contributed by atoms with Gasteiger partial charge in [0.05, 0.1) is 11.4 Å². The van der Waals surface area contributed by atoms with Crippen LogP contribution in [0, 0.1) is 0 Å². The van der Waals surface area contributed by atoms with Crippen molar-refractivity contribution < 1.29 is 0 Å². The maximum atomic E-state index is 4.12. The predicted molar refractivity (Wildman–Crippen MR) is 40.8 cm³/mol. The predicted octanol–water partition coefficient (Wildman–Crippen LogP) is 1.10. The second-order valence-corrected chi connectivity index (χ2v) is 2.13. The summed E-state index contributed by atoms with van der Waals surface area (Å²) in [5.41, 5.74) is 1.69. The third kappa shape index (κ3) is 1.12.